The maximum atomic E-state index is 14.4. The van der Waals surface area contributed by atoms with Crippen molar-refractivity contribution in [3.8, 4) is 5.75 Å². The lowest BCUT2D eigenvalue weighted by molar-refractivity contribution is 0.417. The number of halogens is 2. The van der Waals surface area contributed by atoms with Gasteiger partial charge in [-0.15, -0.1) is 5.10 Å². The van der Waals surface area contributed by atoms with Crippen LogP contribution in [-0.4, -0.2) is 34.0 Å². The van der Waals surface area contributed by atoms with Crippen LogP contribution in [0.1, 0.15) is 13.8 Å². The third-order valence-electron chi connectivity index (χ3n) is 5.50. The Labute approximate surface area is 196 Å². The maximum Gasteiger partial charge on any atom is 0.177 e. The van der Waals surface area contributed by atoms with Gasteiger partial charge in [0.2, 0.25) is 0 Å². The Hall–Kier alpha value is -3.09. The van der Waals surface area contributed by atoms with E-state index in [1.54, 1.807) is 42.2 Å². The molecule has 0 unspecified atom stereocenters. The second kappa shape index (κ2) is 9.41. The normalized spacial score (nSPS) is 11.5. The summed E-state index contributed by atoms with van der Waals surface area (Å²) >= 11 is 5.87. The molecule has 0 radical (unpaired) electrons. The van der Waals surface area contributed by atoms with Crippen LogP contribution >= 0.6 is 18.7 Å². The summed E-state index contributed by atoms with van der Waals surface area (Å²) < 4.78 is 34.6. The molecular formula is C23H24ClFN5O2P. The Morgan fingerprint density at radius 1 is 1.06 bits per heavy atom. The summed E-state index contributed by atoms with van der Waals surface area (Å²) in [6, 6.07) is 11.6. The monoisotopic (exact) mass is 487 g/mol. The molecule has 0 aliphatic carbocycles. The number of nitrogens with one attached hydrogen (secondary N) is 2. The highest BCUT2D eigenvalue weighted by Gasteiger charge is 2.22. The van der Waals surface area contributed by atoms with E-state index in [0.29, 0.717) is 45.9 Å². The summed E-state index contributed by atoms with van der Waals surface area (Å²) in [6.45, 7) is 3.87. The van der Waals surface area contributed by atoms with Gasteiger partial charge in [-0.2, -0.15) is 0 Å². The third-order valence-corrected chi connectivity index (χ3v) is 9.00. The number of hydrogen-bond acceptors (Lipinski definition) is 6. The van der Waals surface area contributed by atoms with E-state index in [4.69, 9.17) is 16.3 Å². The van der Waals surface area contributed by atoms with E-state index in [-0.39, 0.29) is 5.69 Å². The molecule has 172 valence electrons. The van der Waals surface area contributed by atoms with Crippen LogP contribution in [-0.2, 0) is 4.57 Å². The van der Waals surface area contributed by atoms with Crippen LogP contribution in [0, 0.1) is 5.82 Å². The number of methoxy groups -OCH3 is 1. The first kappa shape index (κ1) is 23.1. The maximum absolute atomic E-state index is 14.4. The third kappa shape index (κ3) is 4.68. The Morgan fingerprint density at radius 3 is 2.52 bits per heavy atom. The van der Waals surface area contributed by atoms with Gasteiger partial charge >= 0.3 is 0 Å². The molecule has 0 spiro atoms. The lowest BCUT2D eigenvalue weighted by Gasteiger charge is -2.18. The summed E-state index contributed by atoms with van der Waals surface area (Å²) in [4.78, 5) is 4.31. The number of hydrogen-bond donors (Lipinski definition) is 2. The number of aromatic nitrogens is 3. The zero-order valence-electron chi connectivity index (χ0n) is 18.5. The Balaban J connectivity index is 1.70. The van der Waals surface area contributed by atoms with E-state index in [2.05, 4.69) is 20.7 Å². The lowest BCUT2D eigenvalue weighted by atomic mass is 10.2. The molecule has 0 atom stereocenters. The molecule has 7 nitrogen and oxygen atoms in total. The highest BCUT2D eigenvalue weighted by atomic mass is 35.5. The molecule has 0 saturated carbocycles. The van der Waals surface area contributed by atoms with E-state index in [9.17, 15) is 8.96 Å². The smallest absolute Gasteiger partial charge is 0.177 e. The number of ether oxygens (including phenoxy) is 1. The van der Waals surface area contributed by atoms with Gasteiger partial charge in [-0.25, -0.2) is 13.9 Å². The van der Waals surface area contributed by atoms with Crippen LogP contribution in [0.25, 0.3) is 5.65 Å². The number of imidazole rings is 1. The van der Waals surface area contributed by atoms with Gasteiger partial charge in [0.1, 0.15) is 18.7 Å². The molecule has 10 heteroatoms. The molecule has 4 rings (SSSR count). The molecule has 0 amide bonds. The minimum absolute atomic E-state index is 0.262. The average Bonchev–Trinajstić information content (AvgIpc) is 3.29. The van der Waals surface area contributed by atoms with Crippen molar-refractivity contribution in [2.45, 2.75) is 13.8 Å². The van der Waals surface area contributed by atoms with Crippen molar-refractivity contribution in [1.29, 1.82) is 0 Å². The largest absolute Gasteiger partial charge is 0.495 e. The van der Waals surface area contributed by atoms with Crippen LogP contribution < -0.4 is 20.7 Å². The van der Waals surface area contributed by atoms with E-state index >= 15 is 0 Å². The highest BCUT2D eigenvalue weighted by molar-refractivity contribution is 7.71. The molecule has 33 heavy (non-hydrogen) atoms. The first-order valence-corrected chi connectivity index (χ1v) is 12.9. The molecule has 4 aromatic rings. The molecule has 0 aliphatic rings. The van der Waals surface area contributed by atoms with Gasteiger partial charge in [0, 0.05) is 41.1 Å². The quantitative estimate of drug-likeness (QED) is 0.295. The number of benzene rings is 2. The number of rotatable bonds is 8. The highest BCUT2D eigenvalue weighted by Crippen LogP contribution is 2.45. The first-order chi connectivity index (χ1) is 15.9. The molecule has 2 aromatic heterocycles. The zero-order chi connectivity index (χ0) is 23.6. The predicted molar refractivity (Wildman–Crippen MR) is 132 cm³/mol. The van der Waals surface area contributed by atoms with E-state index in [0.717, 1.165) is 5.30 Å². The van der Waals surface area contributed by atoms with Gasteiger partial charge in [0.25, 0.3) is 0 Å². The minimum atomic E-state index is -2.45. The molecule has 0 fully saturated rings. The van der Waals surface area contributed by atoms with E-state index in [1.807, 2.05) is 32.0 Å². The molecule has 2 aromatic carbocycles. The molecule has 0 bridgehead atoms. The summed E-state index contributed by atoms with van der Waals surface area (Å²) in [5.41, 5.74) is 2.01. The summed E-state index contributed by atoms with van der Waals surface area (Å²) in [5.74, 6) is 0.560. The summed E-state index contributed by atoms with van der Waals surface area (Å²) in [7, 11) is -0.881. The van der Waals surface area contributed by atoms with Gasteiger partial charge in [-0.3, -0.25) is 0 Å². The standard InChI is InChI=1S/C23H24ClFN5O2P/c1-4-33(31,5-2)16-7-9-19(21(13-16)32-3)28-22-14-20(23-26-10-11-30(23)29-22)27-18-8-6-15(24)12-17(18)25/h6-14,27H,4-5H2,1-3H3,(H,28,29). The van der Waals surface area contributed by atoms with Gasteiger partial charge < -0.3 is 19.9 Å². The van der Waals surface area contributed by atoms with Crippen molar-refractivity contribution in [2.24, 2.45) is 0 Å². The SMILES string of the molecule is CCP(=O)(CC)c1ccc(Nc2cc(Nc3ccc(Cl)cc3F)c3nccn3n2)c(OC)c1. The summed E-state index contributed by atoms with van der Waals surface area (Å²) in [5, 5.41) is 11.9. The number of anilines is 4. The predicted octanol–water partition coefficient (Wildman–Crippen LogP) is 6.05. The average molecular weight is 488 g/mol. The van der Waals surface area contributed by atoms with Crippen molar-refractivity contribution in [1.82, 2.24) is 14.6 Å². The molecule has 0 aliphatic heterocycles. The van der Waals surface area contributed by atoms with Crippen LogP contribution in [0.15, 0.2) is 54.9 Å². The molecule has 2 heterocycles. The number of nitrogens with zero attached hydrogens (tertiary/aromatic N) is 3. The van der Waals surface area contributed by atoms with E-state index in [1.165, 1.54) is 6.07 Å². The molecule has 0 saturated heterocycles. The second-order valence-corrected chi connectivity index (χ2v) is 11.4. The van der Waals surface area contributed by atoms with Gasteiger partial charge in [-0.05, 0) is 36.4 Å². The second-order valence-electron chi connectivity index (χ2n) is 7.42. The van der Waals surface area contributed by atoms with Crippen molar-refractivity contribution < 1.29 is 13.7 Å². The van der Waals surface area contributed by atoms with Gasteiger partial charge in [0.15, 0.2) is 11.5 Å². The Bertz CT molecular complexity index is 1350. The topological polar surface area (TPSA) is 80.6 Å². The Kier molecular flexibility index (Phi) is 6.58. The van der Waals surface area contributed by atoms with Crippen LogP contribution in [0.3, 0.4) is 0 Å². The molecule has 2 N–H and O–H groups in total. The van der Waals surface area contributed by atoms with Crippen molar-refractivity contribution in [3.05, 3.63) is 65.7 Å². The van der Waals surface area contributed by atoms with E-state index < -0.39 is 13.0 Å². The Morgan fingerprint density at radius 2 is 1.82 bits per heavy atom. The van der Waals surface area contributed by atoms with Crippen molar-refractivity contribution in [3.63, 3.8) is 0 Å². The fraction of sp³-hybridized carbons (Fsp3) is 0.217. The van der Waals surface area contributed by atoms with Crippen molar-refractivity contribution >= 4 is 52.6 Å². The zero-order valence-corrected chi connectivity index (χ0v) is 20.1. The van der Waals surface area contributed by atoms with Crippen LogP contribution in [0.2, 0.25) is 5.02 Å². The number of fused-ring (bicyclic) bond motifs is 1. The van der Waals surface area contributed by atoms with Gasteiger partial charge in [0.05, 0.1) is 24.2 Å². The minimum Gasteiger partial charge on any atom is -0.495 e. The lowest BCUT2D eigenvalue weighted by Crippen LogP contribution is -2.10. The fourth-order valence-corrected chi connectivity index (χ4v) is 5.60. The van der Waals surface area contributed by atoms with Crippen LogP contribution in [0.4, 0.5) is 27.3 Å². The summed E-state index contributed by atoms with van der Waals surface area (Å²) in [6.07, 6.45) is 4.49. The first-order valence-electron chi connectivity index (χ1n) is 10.5. The molecular weight excluding hydrogens is 464 g/mol. The van der Waals surface area contributed by atoms with Crippen LogP contribution in [0.5, 0.6) is 5.75 Å². The van der Waals surface area contributed by atoms with Crippen molar-refractivity contribution in [2.75, 3.05) is 30.1 Å². The van der Waals surface area contributed by atoms with Gasteiger partial charge in [-0.1, -0.05) is 25.4 Å². The fourth-order valence-electron chi connectivity index (χ4n) is 3.57.